The highest BCUT2D eigenvalue weighted by Gasteiger charge is 2.37. The largest absolute Gasteiger partial charge is 0.383 e. The van der Waals surface area contributed by atoms with E-state index in [-0.39, 0.29) is 0 Å². The molecule has 0 aliphatic carbocycles. The third kappa shape index (κ3) is 2.22. The van der Waals surface area contributed by atoms with Crippen molar-refractivity contribution in [2.24, 2.45) is 0 Å². The average molecular weight is 226 g/mol. The number of rotatable bonds is 2. The molecule has 1 fully saturated rings. The van der Waals surface area contributed by atoms with Crippen LogP contribution in [0, 0.1) is 6.92 Å². The lowest BCUT2D eigenvalue weighted by Crippen LogP contribution is -2.46. The molecule has 15 heavy (non-hydrogen) atoms. The molecule has 1 aliphatic heterocycles. The Bertz CT molecular complexity index is 339. The van der Waals surface area contributed by atoms with Gasteiger partial charge in [-0.2, -0.15) is 0 Å². The van der Waals surface area contributed by atoms with Crippen LogP contribution >= 0.6 is 11.3 Å². The predicted molar refractivity (Wildman–Crippen MR) is 62.1 cm³/mol. The van der Waals surface area contributed by atoms with E-state index < -0.39 is 5.60 Å². The number of nitrogens with one attached hydrogen (secondary N) is 1. The van der Waals surface area contributed by atoms with Crippen LogP contribution in [0.2, 0.25) is 0 Å². The third-order valence-electron chi connectivity index (χ3n) is 3.07. The zero-order valence-electron chi connectivity index (χ0n) is 9.29. The summed E-state index contributed by atoms with van der Waals surface area (Å²) in [7, 11) is 0. The summed E-state index contributed by atoms with van der Waals surface area (Å²) < 4.78 is 0. The third-order valence-corrected chi connectivity index (χ3v) is 4.17. The summed E-state index contributed by atoms with van der Waals surface area (Å²) >= 11 is 1.62. The number of piperidine rings is 1. The van der Waals surface area contributed by atoms with Crippen LogP contribution in [-0.4, -0.2) is 22.7 Å². The number of aliphatic hydroxyl groups is 1. The van der Waals surface area contributed by atoms with Gasteiger partial charge in [0.2, 0.25) is 0 Å². The first-order valence-corrected chi connectivity index (χ1v) is 6.34. The smallest absolute Gasteiger partial charge is 0.125 e. The van der Waals surface area contributed by atoms with Crippen molar-refractivity contribution in [3.63, 3.8) is 0 Å². The van der Waals surface area contributed by atoms with Crippen LogP contribution in [0.3, 0.4) is 0 Å². The molecule has 0 radical (unpaired) electrons. The Morgan fingerprint density at radius 1 is 1.73 bits per heavy atom. The zero-order valence-corrected chi connectivity index (χ0v) is 10.1. The van der Waals surface area contributed by atoms with Gasteiger partial charge in [-0.1, -0.05) is 6.92 Å². The van der Waals surface area contributed by atoms with Gasteiger partial charge < -0.3 is 10.4 Å². The van der Waals surface area contributed by atoms with E-state index in [0.29, 0.717) is 6.04 Å². The van der Waals surface area contributed by atoms with Crippen molar-refractivity contribution >= 4 is 11.3 Å². The molecule has 0 spiro atoms. The first kappa shape index (κ1) is 11.0. The van der Waals surface area contributed by atoms with E-state index in [2.05, 4.69) is 17.2 Å². The lowest BCUT2D eigenvalue weighted by molar-refractivity contribution is -0.00959. The van der Waals surface area contributed by atoms with Gasteiger partial charge >= 0.3 is 0 Å². The number of thiazole rings is 1. The fraction of sp³-hybridized carbons (Fsp3) is 0.727. The van der Waals surface area contributed by atoms with Crippen molar-refractivity contribution in [1.82, 2.24) is 10.3 Å². The standard InChI is InChI=1S/C11H18N2OS/c1-3-9-6-11(14,4-5-12-9)10-13-7-8(2)15-10/h7,9,12,14H,3-6H2,1-2H3. The number of hydrogen-bond donors (Lipinski definition) is 2. The molecule has 2 rings (SSSR count). The maximum absolute atomic E-state index is 10.6. The van der Waals surface area contributed by atoms with E-state index in [1.165, 1.54) is 4.88 Å². The molecule has 1 aliphatic rings. The van der Waals surface area contributed by atoms with Crippen molar-refractivity contribution in [2.75, 3.05) is 6.54 Å². The van der Waals surface area contributed by atoms with E-state index in [4.69, 9.17) is 0 Å². The summed E-state index contributed by atoms with van der Waals surface area (Å²) in [6.07, 6.45) is 4.47. The normalized spacial score (nSPS) is 31.8. The van der Waals surface area contributed by atoms with Crippen LogP contribution in [-0.2, 0) is 5.60 Å². The van der Waals surface area contributed by atoms with Crippen LogP contribution in [0.15, 0.2) is 6.20 Å². The molecule has 1 aromatic heterocycles. The Morgan fingerprint density at radius 2 is 2.53 bits per heavy atom. The maximum Gasteiger partial charge on any atom is 0.125 e. The topological polar surface area (TPSA) is 45.2 Å². The molecule has 3 nitrogen and oxygen atoms in total. The first-order chi connectivity index (χ1) is 7.14. The molecule has 84 valence electrons. The van der Waals surface area contributed by atoms with E-state index in [1.54, 1.807) is 11.3 Å². The molecule has 2 heterocycles. The fourth-order valence-electron chi connectivity index (χ4n) is 2.12. The number of aromatic nitrogens is 1. The predicted octanol–water partition coefficient (Wildman–Crippen LogP) is 1.80. The second kappa shape index (κ2) is 4.20. The van der Waals surface area contributed by atoms with Gasteiger partial charge in [0, 0.05) is 17.1 Å². The first-order valence-electron chi connectivity index (χ1n) is 5.53. The molecule has 2 unspecified atom stereocenters. The molecule has 1 aromatic rings. The SMILES string of the molecule is CCC1CC(O)(c2ncc(C)s2)CCN1. The van der Waals surface area contributed by atoms with Crippen LogP contribution in [0.1, 0.15) is 36.1 Å². The Labute approximate surface area is 94.5 Å². The molecule has 0 amide bonds. The highest BCUT2D eigenvalue weighted by Crippen LogP contribution is 2.35. The number of aryl methyl sites for hydroxylation is 1. The van der Waals surface area contributed by atoms with Crippen molar-refractivity contribution in [2.45, 2.75) is 44.8 Å². The summed E-state index contributed by atoms with van der Waals surface area (Å²) in [4.78, 5) is 5.49. The summed E-state index contributed by atoms with van der Waals surface area (Å²) in [5.74, 6) is 0. The molecule has 2 atom stereocenters. The molecule has 1 saturated heterocycles. The monoisotopic (exact) mass is 226 g/mol. The summed E-state index contributed by atoms with van der Waals surface area (Å²) in [6, 6.07) is 0.424. The Hall–Kier alpha value is -0.450. The van der Waals surface area contributed by atoms with E-state index in [0.717, 1.165) is 30.8 Å². The molecular weight excluding hydrogens is 208 g/mol. The Balaban J connectivity index is 2.18. The van der Waals surface area contributed by atoms with Gasteiger partial charge in [0.1, 0.15) is 10.6 Å². The second-order valence-corrected chi connectivity index (χ2v) is 5.56. The molecular formula is C11H18N2OS. The number of nitrogens with zero attached hydrogens (tertiary/aromatic N) is 1. The minimum absolute atomic E-state index is 0.424. The fourth-order valence-corrected chi connectivity index (χ4v) is 3.01. The molecule has 4 heteroatoms. The molecule has 0 aromatic carbocycles. The van der Waals surface area contributed by atoms with Crippen molar-refractivity contribution < 1.29 is 5.11 Å². The average Bonchev–Trinajstić information content (AvgIpc) is 2.65. The molecule has 0 bridgehead atoms. The highest BCUT2D eigenvalue weighted by molar-refractivity contribution is 7.11. The summed E-state index contributed by atoms with van der Waals surface area (Å²) in [5, 5.41) is 14.9. The van der Waals surface area contributed by atoms with Gasteiger partial charge in [-0.05, 0) is 32.7 Å². The number of hydrogen-bond acceptors (Lipinski definition) is 4. The van der Waals surface area contributed by atoms with Gasteiger partial charge in [-0.15, -0.1) is 11.3 Å². The van der Waals surface area contributed by atoms with E-state index in [9.17, 15) is 5.11 Å². The maximum atomic E-state index is 10.6. The van der Waals surface area contributed by atoms with Gasteiger partial charge in [-0.25, -0.2) is 4.98 Å². The Morgan fingerprint density at radius 3 is 3.13 bits per heavy atom. The molecule has 2 N–H and O–H groups in total. The summed E-state index contributed by atoms with van der Waals surface area (Å²) in [5.41, 5.74) is -0.690. The Kier molecular flexibility index (Phi) is 3.09. The van der Waals surface area contributed by atoms with Gasteiger partial charge in [0.05, 0.1) is 0 Å². The van der Waals surface area contributed by atoms with Crippen LogP contribution in [0.25, 0.3) is 0 Å². The van der Waals surface area contributed by atoms with Crippen molar-refractivity contribution in [3.8, 4) is 0 Å². The minimum atomic E-state index is -0.690. The highest BCUT2D eigenvalue weighted by atomic mass is 32.1. The van der Waals surface area contributed by atoms with Crippen LogP contribution < -0.4 is 5.32 Å². The quantitative estimate of drug-likeness (QED) is 0.808. The summed E-state index contributed by atoms with van der Waals surface area (Å²) in [6.45, 7) is 5.06. The van der Waals surface area contributed by atoms with Crippen molar-refractivity contribution in [1.29, 1.82) is 0 Å². The van der Waals surface area contributed by atoms with Crippen LogP contribution in [0.4, 0.5) is 0 Å². The molecule has 0 saturated carbocycles. The second-order valence-electron chi connectivity index (χ2n) is 4.32. The van der Waals surface area contributed by atoms with E-state index >= 15 is 0 Å². The van der Waals surface area contributed by atoms with E-state index in [1.807, 2.05) is 13.1 Å². The minimum Gasteiger partial charge on any atom is -0.383 e. The van der Waals surface area contributed by atoms with Gasteiger partial charge in [0.15, 0.2) is 0 Å². The lowest BCUT2D eigenvalue weighted by atomic mass is 9.87. The van der Waals surface area contributed by atoms with Gasteiger partial charge in [-0.3, -0.25) is 0 Å². The zero-order chi connectivity index (χ0) is 10.9. The lowest BCUT2D eigenvalue weighted by Gasteiger charge is -2.35. The van der Waals surface area contributed by atoms with Gasteiger partial charge in [0.25, 0.3) is 0 Å². The van der Waals surface area contributed by atoms with Crippen LogP contribution in [0.5, 0.6) is 0 Å². The van der Waals surface area contributed by atoms with Crippen molar-refractivity contribution in [3.05, 3.63) is 16.1 Å².